The van der Waals surface area contributed by atoms with Crippen LogP contribution < -0.4 is 4.90 Å². The van der Waals surface area contributed by atoms with Crippen molar-refractivity contribution in [3.05, 3.63) is 58.7 Å². The third-order valence-electron chi connectivity index (χ3n) is 4.05. The highest BCUT2D eigenvalue weighted by atomic mass is 16.3. The quantitative estimate of drug-likeness (QED) is 0.892. The molecule has 2 nitrogen and oxygen atoms in total. The van der Waals surface area contributed by atoms with Gasteiger partial charge in [-0.25, -0.2) is 0 Å². The third kappa shape index (κ3) is 2.32. The first kappa shape index (κ1) is 13.2. The molecule has 0 bridgehead atoms. The summed E-state index contributed by atoms with van der Waals surface area (Å²) in [4.78, 5) is 2.35. The second kappa shape index (κ2) is 5.29. The van der Waals surface area contributed by atoms with Crippen molar-refractivity contribution in [2.24, 2.45) is 0 Å². The van der Waals surface area contributed by atoms with Crippen LogP contribution in [0.2, 0.25) is 0 Å². The number of benzene rings is 2. The van der Waals surface area contributed by atoms with E-state index in [-0.39, 0.29) is 6.61 Å². The molecule has 2 aromatic carbocycles. The van der Waals surface area contributed by atoms with Crippen molar-refractivity contribution in [1.82, 2.24) is 0 Å². The first-order valence-electron chi connectivity index (χ1n) is 7.26. The summed E-state index contributed by atoms with van der Waals surface area (Å²) in [7, 11) is 0. The smallest absolute Gasteiger partial charge is 0.0702 e. The van der Waals surface area contributed by atoms with Crippen LogP contribution in [0.5, 0.6) is 0 Å². The summed E-state index contributed by atoms with van der Waals surface area (Å²) in [5, 5.41) is 9.64. The van der Waals surface area contributed by atoms with Gasteiger partial charge in [-0.3, -0.25) is 0 Å². The summed E-state index contributed by atoms with van der Waals surface area (Å²) >= 11 is 0. The summed E-state index contributed by atoms with van der Waals surface area (Å²) < 4.78 is 0. The lowest BCUT2D eigenvalue weighted by Gasteiger charge is -2.33. The summed E-state index contributed by atoms with van der Waals surface area (Å²) in [6.07, 6.45) is 2.31. The normalized spacial score (nSPS) is 14.2. The van der Waals surface area contributed by atoms with Gasteiger partial charge in [0, 0.05) is 23.5 Å². The molecule has 0 saturated carbocycles. The Morgan fingerprint density at radius 2 is 1.70 bits per heavy atom. The number of hydrogen-bond acceptors (Lipinski definition) is 2. The van der Waals surface area contributed by atoms with Crippen molar-refractivity contribution >= 4 is 11.4 Å². The van der Waals surface area contributed by atoms with Crippen molar-refractivity contribution in [2.45, 2.75) is 33.3 Å². The van der Waals surface area contributed by atoms with Crippen LogP contribution in [0.3, 0.4) is 0 Å². The molecule has 20 heavy (non-hydrogen) atoms. The van der Waals surface area contributed by atoms with Crippen LogP contribution in [0, 0.1) is 13.8 Å². The zero-order chi connectivity index (χ0) is 14.1. The number of rotatable bonds is 2. The van der Waals surface area contributed by atoms with Crippen LogP contribution >= 0.6 is 0 Å². The molecule has 0 radical (unpaired) electrons. The van der Waals surface area contributed by atoms with Crippen LogP contribution in [0.25, 0.3) is 0 Å². The summed E-state index contributed by atoms with van der Waals surface area (Å²) in [5.74, 6) is 0. The second-order valence-electron chi connectivity index (χ2n) is 5.68. The first-order chi connectivity index (χ1) is 9.69. The molecular formula is C18H21NO. The summed E-state index contributed by atoms with van der Waals surface area (Å²) in [5.41, 5.74) is 7.37. The minimum atomic E-state index is 0.0920. The van der Waals surface area contributed by atoms with Crippen molar-refractivity contribution in [3.8, 4) is 0 Å². The Kier molecular flexibility index (Phi) is 3.49. The SMILES string of the molecule is Cc1ccc(N2CCCc3cc(C)ccc32)c(CO)c1. The fourth-order valence-electron chi connectivity index (χ4n) is 3.08. The largest absolute Gasteiger partial charge is 0.392 e. The Morgan fingerprint density at radius 1 is 1.00 bits per heavy atom. The third-order valence-corrected chi connectivity index (χ3v) is 4.05. The predicted octanol–water partition coefficient (Wildman–Crippen LogP) is 3.88. The van der Waals surface area contributed by atoms with Gasteiger partial charge in [0.2, 0.25) is 0 Å². The van der Waals surface area contributed by atoms with Gasteiger partial charge in [-0.2, -0.15) is 0 Å². The van der Waals surface area contributed by atoms with Gasteiger partial charge >= 0.3 is 0 Å². The fraction of sp³-hybridized carbons (Fsp3) is 0.333. The van der Waals surface area contributed by atoms with E-state index in [1.807, 2.05) is 0 Å². The van der Waals surface area contributed by atoms with E-state index in [0.29, 0.717) is 0 Å². The van der Waals surface area contributed by atoms with Gasteiger partial charge in [-0.1, -0.05) is 35.4 Å². The van der Waals surface area contributed by atoms with E-state index in [2.05, 4.69) is 55.1 Å². The molecule has 0 aromatic heterocycles. The Bertz CT molecular complexity index is 633. The maximum atomic E-state index is 9.64. The standard InChI is InChI=1S/C18H21NO/c1-13-5-7-17-15(10-13)4-3-9-19(17)18-8-6-14(2)11-16(18)12-20/h5-8,10-11,20H,3-4,9,12H2,1-2H3. The van der Waals surface area contributed by atoms with Gasteiger partial charge in [0.25, 0.3) is 0 Å². The molecule has 0 aliphatic carbocycles. The van der Waals surface area contributed by atoms with E-state index in [1.54, 1.807) is 0 Å². The lowest BCUT2D eigenvalue weighted by atomic mass is 9.98. The molecule has 3 rings (SSSR count). The first-order valence-corrected chi connectivity index (χ1v) is 7.26. The maximum absolute atomic E-state index is 9.64. The molecule has 0 saturated heterocycles. The van der Waals surface area contributed by atoms with E-state index in [4.69, 9.17) is 0 Å². The highest BCUT2D eigenvalue weighted by molar-refractivity contribution is 5.71. The number of nitrogens with zero attached hydrogens (tertiary/aromatic N) is 1. The van der Waals surface area contributed by atoms with Crippen LogP contribution in [-0.4, -0.2) is 11.7 Å². The molecule has 0 atom stereocenters. The molecule has 1 N–H and O–H groups in total. The average molecular weight is 267 g/mol. The van der Waals surface area contributed by atoms with Crippen LogP contribution in [0.1, 0.15) is 28.7 Å². The summed E-state index contributed by atoms with van der Waals surface area (Å²) in [6.45, 7) is 5.32. The molecule has 0 unspecified atom stereocenters. The number of aliphatic hydroxyl groups is 1. The number of hydrogen-bond donors (Lipinski definition) is 1. The Morgan fingerprint density at radius 3 is 2.45 bits per heavy atom. The monoisotopic (exact) mass is 267 g/mol. The van der Waals surface area contributed by atoms with Gasteiger partial charge in [0.15, 0.2) is 0 Å². The number of aliphatic hydroxyl groups excluding tert-OH is 1. The minimum absolute atomic E-state index is 0.0920. The molecule has 104 valence electrons. The van der Waals surface area contributed by atoms with E-state index < -0.39 is 0 Å². The van der Waals surface area contributed by atoms with Gasteiger partial charge in [-0.15, -0.1) is 0 Å². The molecule has 1 aliphatic heterocycles. The predicted molar refractivity (Wildman–Crippen MR) is 83.6 cm³/mol. The number of fused-ring (bicyclic) bond motifs is 1. The lowest BCUT2D eigenvalue weighted by molar-refractivity contribution is 0.282. The molecule has 0 amide bonds. The van der Waals surface area contributed by atoms with E-state index in [1.165, 1.54) is 22.4 Å². The van der Waals surface area contributed by atoms with Crippen LogP contribution in [0.4, 0.5) is 11.4 Å². The molecule has 2 heteroatoms. The molecule has 1 heterocycles. The molecule has 0 spiro atoms. The van der Waals surface area contributed by atoms with Crippen molar-refractivity contribution in [3.63, 3.8) is 0 Å². The Hall–Kier alpha value is -1.80. The van der Waals surface area contributed by atoms with Crippen molar-refractivity contribution in [1.29, 1.82) is 0 Å². The number of anilines is 2. The van der Waals surface area contributed by atoms with Gasteiger partial charge < -0.3 is 10.0 Å². The average Bonchev–Trinajstić information content (AvgIpc) is 2.46. The van der Waals surface area contributed by atoms with E-state index in [0.717, 1.165) is 30.6 Å². The zero-order valence-electron chi connectivity index (χ0n) is 12.2. The summed E-state index contributed by atoms with van der Waals surface area (Å²) in [6, 6.07) is 13.0. The van der Waals surface area contributed by atoms with Crippen LogP contribution in [0.15, 0.2) is 36.4 Å². The van der Waals surface area contributed by atoms with E-state index >= 15 is 0 Å². The van der Waals surface area contributed by atoms with E-state index in [9.17, 15) is 5.11 Å². The molecular weight excluding hydrogens is 246 g/mol. The fourth-order valence-corrected chi connectivity index (χ4v) is 3.08. The van der Waals surface area contributed by atoms with Gasteiger partial charge in [0.05, 0.1) is 6.61 Å². The minimum Gasteiger partial charge on any atom is -0.392 e. The molecule has 1 aliphatic rings. The Labute approximate surface area is 120 Å². The van der Waals surface area contributed by atoms with Gasteiger partial charge in [0.1, 0.15) is 0 Å². The lowest BCUT2D eigenvalue weighted by Crippen LogP contribution is -2.25. The maximum Gasteiger partial charge on any atom is 0.0702 e. The zero-order valence-corrected chi connectivity index (χ0v) is 12.2. The Balaban J connectivity index is 2.09. The van der Waals surface area contributed by atoms with Crippen LogP contribution in [-0.2, 0) is 13.0 Å². The van der Waals surface area contributed by atoms with Gasteiger partial charge in [-0.05, 0) is 44.4 Å². The van der Waals surface area contributed by atoms with Crippen molar-refractivity contribution in [2.75, 3.05) is 11.4 Å². The second-order valence-corrected chi connectivity index (χ2v) is 5.68. The van der Waals surface area contributed by atoms with Crippen molar-refractivity contribution < 1.29 is 5.11 Å². The highest BCUT2D eigenvalue weighted by Gasteiger charge is 2.20. The topological polar surface area (TPSA) is 23.5 Å². The highest BCUT2D eigenvalue weighted by Crippen LogP contribution is 2.36. The molecule has 0 fully saturated rings. The molecule has 2 aromatic rings. The number of aryl methyl sites for hydroxylation is 3.